The first-order valence-corrected chi connectivity index (χ1v) is 9.52. The highest BCUT2D eigenvalue weighted by Gasteiger charge is 2.09. The van der Waals surface area contributed by atoms with Crippen molar-refractivity contribution in [1.82, 2.24) is 4.98 Å². The van der Waals surface area contributed by atoms with Crippen molar-refractivity contribution in [2.75, 3.05) is 0 Å². The van der Waals surface area contributed by atoms with E-state index >= 15 is 0 Å². The lowest BCUT2D eigenvalue weighted by molar-refractivity contribution is 1.01. The van der Waals surface area contributed by atoms with Gasteiger partial charge in [-0.05, 0) is 57.3 Å². The number of nitrogens with zero attached hydrogens (tertiary/aromatic N) is 1. The molecule has 0 bridgehead atoms. The molecule has 0 aliphatic heterocycles. The Kier molecular flexibility index (Phi) is 4.79. The largest absolute Gasteiger partial charge is 0.257 e. The summed E-state index contributed by atoms with van der Waals surface area (Å²) in [5, 5.41) is 2.53. The Morgan fingerprint density at radius 1 is 0.680 bits per heavy atom. The molecule has 25 heavy (non-hydrogen) atoms. The second-order valence-corrected chi connectivity index (χ2v) is 7.50. The zero-order valence-corrected chi connectivity index (χ0v) is 16.0. The van der Waals surface area contributed by atoms with Gasteiger partial charge in [0.1, 0.15) is 0 Å². The normalized spacial score (nSPS) is 10.9. The molecule has 4 aromatic rings. The number of halogens is 1. The molecule has 0 aliphatic rings. The van der Waals surface area contributed by atoms with E-state index in [0.717, 1.165) is 24.2 Å². The lowest BCUT2D eigenvalue weighted by Gasteiger charge is -2.11. The highest BCUT2D eigenvalue weighted by atomic mass is 127. The molecule has 0 radical (unpaired) electrons. The average molecular weight is 435 g/mol. The molecule has 122 valence electrons. The maximum absolute atomic E-state index is 5.03. The molecule has 1 heterocycles. The summed E-state index contributed by atoms with van der Waals surface area (Å²) in [5.41, 5.74) is 4.89. The molecule has 0 amide bonds. The molecule has 0 saturated carbocycles. The Bertz CT molecular complexity index is 994. The summed E-state index contributed by atoms with van der Waals surface area (Å²) in [6.45, 7) is 0. The standard InChI is InChI=1S/C23H18IN/c24-20-12-11-19-15-21(13-17-7-3-1-4-8-17)25-23(22(19)16-20)14-18-9-5-2-6-10-18/h1-12,15-16H,13-14H2. The number of rotatable bonds is 4. The molecular weight excluding hydrogens is 417 g/mol. The maximum atomic E-state index is 5.03. The van der Waals surface area contributed by atoms with Gasteiger partial charge in [-0.15, -0.1) is 0 Å². The Morgan fingerprint density at radius 3 is 2.00 bits per heavy atom. The SMILES string of the molecule is Ic1ccc2cc(Cc3ccccc3)nc(Cc3ccccc3)c2c1. The monoisotopic (exact) mass is 435 g/mol. The Morgan fingerprint density at radius 2 is 1.32 bits per heavy atom. The van der Waals surface area contributed by atoms with Crippen LogP contribution in [0.3, 0.4) is 0 Å². The van der Waals surface area contributed by atoms with Crippen LogP contribution in [-0.2, 0) is 12.8 Å². The summed E-state index contributed by atoms with van der Waals surface area (Å²) >= 11 is 2.38. The molecule has 0 fully saturated rings. The van der Waals surface area contributed by atoms with Gasteiger partial charge in [0.15, 0.2) is 0 Å². The topological polar surface area (TPSA) is 12.9 Å². The van der Waals surface area contributed by atoms with Crippen LogP contribution in [0.15, 0.2) is 84.9 Å². The van der Waals surface area contributed by atoms with Crippen LogP contribution >= 0.6 is 22.6 Å². The minimum absolute atomic E-state index is 0.861. The first-order chi connectivity index (χ1) is 12.3. The molecule has 2 heteroatoms. The van der Waals surface area contributed by atoms with E-state index in [4.69, 9.17) is 4.98 Å². The number of hydrogen-bond donors (Lipinski definition) is 0. The molecule has 3 aromatic carbocycles. The van der Waals surface area contributed by atoms with Gasteiger partial charge in [0.25, 0.3) is 0 Å². The summed E-state index contributed by atoms with van der Waals surface area (Å²) in [7, 11) is 0. The molecule has 0 N–H and O–H groups in total. The zero-order chi connectivity index (χ0) is 17.1. The third-order valence-corrected chi connectivity index (χ3v) is 5.04. The molecule has 4 rings (SSSR count). The molecule has 1 nitrogen and oxygen atoms in total. The van der Waals surface area contributed by atoms with Crippen LogP contribution in [-0.4, -0.2) is 4.98 Å². The molecule has 1 aromatic heterocycles. The first kappa shape index (κ1) is 16.3. The van der Waals surface area contributed by atoms with Crippen molar-refractivity contribution in [3.05, 3.63) is 111 Å². The summed E-state index contributed by atoms with van der Waals surface area (Å²) in [6, 6.07) is 30.0. The number of hydrogen-bond acceptors (Lipinski definition) is 1. The van der Waals surface area contributed by atoms with Crippen LogP contribution in [0, 0.1) is 3.57 Å². The molecule has 0 saturated heterocycles. The van der Waals surface area contributed by atoms with Crippen molar-refractivity contribution in [2.24, 2.45) is 0 Å². The summed E-state index contributed by atoms with van der Waals surface area (Å²) in [5.74, 6) is 0. The van der Waals surface area contributed by atoms with E-state index in [9.17, 15) is 0 Å². The van der Waals surface area contributed by atoms with Gasteiger partial charge in [-0.3, -0.25) is 4.98 Å². The van der Waals surface area contributed by atoms with Crippen LogP contribution < -0.4 is 0 Å². The molecule has 0 atom stereocenters. The fourth-order valence-corrected chi connectivity index (χ4v) is 3.66. The quantitative estimate of drug-likeness (QED) is 0.357. The maximum Gasteiger partial charge on any atom is 0.0529 e. The van der Waals surface area contributed by atoms with Gasteiger partial charge in [0, 0.05) is 27.5 Å². The predicted octanol–water partition coefficient (Wildman–Crippen LogP) is 6.02. The van der Waals surface area contributed by atoms with Crippen LogP contribution in [0.1, 0.15) is 22.5 Å². The van der Waals surface area contributed by atoms with Crippen molar-refractivity contribution in [3.63, 3.8) is 0 Å². The van der Waals surface area contributed by atoms with Crippen molar-refractivity contribution < 1.29 is 0 Å². The highest BCUT2D eigenvalue weighted by molar-refractivity contribution is 14.1. The fourth-order valence-electron chi connectivity index (χ4n) is 3.17. The van der Waals surface area contributed by atoms with Gasteiger partial charge in [-0.2, -0.15) is 0 Å². The summed E-state index contributed by atoms with van der Waals surface area (Å²) in [4.78, 5) is 5.03. The fraction of sp³-hybridized carbons (Fsp3) is 0.0870. The summed E-state index contributed by atoms with van der Waals surface area (Å²) < 4.78 is 1.25. The van der Waals surface area contributed by atoms with Crippen LogP contribution in [0.4, 0.5) is 0 Å². The van der Waals surface area contributed by atoms with E-state index in [1.165, 1.54) is 25.5 Å². The number of fused-ring (bicyclic) bond motifs is 1. The lowest BCUT2D eigenvalue weighted by atomic mass is 10.0. The zero-order valence-electron chi connectivity index (χ0n) is 13.8. The Hall–Kier alpha value is -2.20. The minimum Gasteiger partial charge on any atom is -0.257 e. The van der Waals surface area contributed by atoms with E-state index in [2.05, 4.69) is 108 Å². The summed E-state index contributed by atoms with van der Waals surface area (Å²) in [6.07, 6.45) is 1.73. The number of benzene rings is 3. The van der Waals surface area contributed by atoms with Gasteiger partial charge in [0.2, 0.25) is 0 Å². The van der Waals surface area contributed by atoms with Gasteiger partial charge < -0.3 is 0 Å². The number of pyridine rings is 1. The van der Waals surface area contributed by atoms with E-state index < -0.39 is 0 Å². The van der Waals surface area contributed by atoms with E-state index in [1.807, 2.05) is 0 Å². The third-order valence-electron chi connectivity index (χ3n) is 4.37. The molecule has 0 aliphatic carbocycles. The van der Waals surface area contributed by atoms with Gasteiger partial charge >= 0.3 is 0 Å². The van der Waals surface area contributed by atoms with Crippen molar-refractivity contribution in [1.29, 1.82) is 0 Å². The van der Waals surface area contributed by atoms with Crippen LogP contribution in [0.5, 0.6) is 0 Å². The van der Waals surface area contributed by atoms with E-state index in [-0.39, 0.29) is 0 Å². The second-order valence-electron chi connectivity index (χ2n) is 6.25. The molecular formula is C23H18IN. The van der Waals surface area contributed by atoms with Crippen molar-refractivity contribution in [2.45, 2.75) is 12.8 Å². The van der Waals surface area contributed by atoms with E-state index in [1.54, 1.807) is 0 Å². The van der Waals surface area contributed by atoms with Gasteiger partial charge in [-0.1, -0.05) is 66.7 Å². The second kappa shape index (κ2) is 7.36. The molecule has 0 unspecified atom stereocenters. The number of aromatic nitrogens is 1. The minimum atomic E-state index is 0.861. The third kappa shape index (κ3) is 3.90. The first-order valence-electron chi connectivity index (χ1n) is 8.44. The average Bonchev–Trinajstić information content (AvgIpc) is 2.64. The Balaban J connectivity index is 1.79. The smallest absolute Gasteiger partial charge is 0.0529 e. The van der Waals surface area contributed by atoms with Crippen molar-refractivity contribution >= 4 is 33.4 Å². The van der Waals surface area contributed by atoms with Crippen LogP contribution in [0.25, 0.3) is 10.8 Å². The van der Waals surface area contributed by atoms with E-state index in [0.29, 0.717) is 0 Å². The lowest BCUT2D eigenvalue weighted by Crippen LogP contribution is -2.00. The highest BCUT2D eigenvalue weighted by Crippen LogP contribution is 2.24. The van der Waals surface area contributed by atoms with Gasteiger partial charge in [0.05, 0.1) is 5.69 Å². The Labute approximate surface area is 161 Å². The van der Waals surface area contributed by atoms with Crippen molar-refractivity contribution in [3.8, 4) is 0 Å². The predicted molar refractivity (Wildman–Crippen MR) is 113 cm³/mol. The van der Waals surface area contributed by atoms with Gasteiger partial charge in [-0.25, -0.2) is 0 Å². The molecule has 0 spiro atoms. The van der Waals surface area contributed by atoms with Crippen LogP contribution in [0.2, 0.25) is 0 Å².